The summed E-state index contributed by atoms with van der Waals surface area (Å²) < 4.78 is 5.18. The normalized spacial score (nSPS) is 17.2. The molecule has 1 saturated heterocycles. The summed E-state index contributed by atoms with van der Waals surface area (Å²) in [5.74, 6) is 2.41. The number of thioether (sulfide) groups is 1. The number of β-amino-alcohol motifs (C(OH)–C–C–N with tert-alkyl or cyclic N) is 1. The van der Waals surface area contributed by atoms with Crippen molar-refractivity contribution < 1.29 is 9.84 Å². The molecule has 1 unspecified atom stereocenters. The standard InChI is InChI=1S/C17H24N2O2S/c1-3-12-21-14-15(20)13-18-8-10-19(11-9-18)16-6-4-5-7-17(16)22-2/h1,4-7,15,20H,8-14H2,2H3. The Bertz CT molecular complexity index is 496. The first kappa shape index (κ1) is 17.2. The number of terminal acetylenes is 1. The van der Waals surface area contributed by atoms with Crippen LogP contribution in [0.25, 0.3) is 0 Å². The molecular weight excluding hydrogens is 296 g/mol. The van der Waals surface area contributed by atoms with Crippen LogP contribution in [0.5, 0.6) is 0 Å². The Morgan fingerprint density at radius 2 is 2.05 bits per heavy atom. The Morgan fingerprint density at radius 3 is 2.73 bits per heavy atom. The number of aliphatic hydroxyl groups excluding tert-OH is 1. The summed E-state index contributed by atoms with van der Waals surface area (Å²) in [7, 11) is 0. The highest BCUT2D eigenvalue weighted by molar-refractivity contribution is 7.98. The van der Waals surface area contributed by atoms with Crippen LogP contribution in [-0.2, 0) is 4.74 Å². The van der Waals surface area contributed by atoms with Gasteiger partial charge in [-0.2, -0.15) is 0 Å². The lowest BCUT2D eigenvalue weighted by Crippen LogP contribution is -2.49. The van der Waals surface area contributed by atoms with E-state index in [9.17, 15) is 5.11 Å². The first-order valence-electron chi connectivity index (χ1n) is 7.54. The summed E-state index contributed by atoms with van der Waals surface area (Å²) in [4.78, 5) is 6.02. The molecule has 120 valence electrons. The fourth-order valence-electron chi connectivity index (χ4n) is 2.67. The molecule has 0 spiro atoms. The van der Waals surface area contributed by atoms with Crippen LogP contribution in [0, 0.1) is 12.3 Å². The van der Waals surface area contributed by atoms with Crippen LogP contribution in [0.15, 0.2) is 29.2 Å². The van der Waals surface area contributed by atoms with Gasteiger partial charge in [0.2, 0.25) is 0 Å². The molecule has 0 saturated carbocycles. The zero-order valence-electron chi connectivity index (χ0n) is 13.1. The highest BCUT2D eigenvalue weighted by atomic mass is 32.2. The second kappa shape index (κ2) is 9.06. The Labute approximate surface area is 137 Å². The first-order chi connectivity index (χ1) is 10.7. The minimum absolute atomic E-state index is 0.260. The number of piperazine rings is 1. The minimum Gasteiger partial charge on any atom is -0.389 e. The van der Waals surface area contributed by atoms with Crippen molar-refractivity contribution >= 4 is 17.4 Å². The van der Waals surface area contributed by atoms with E-state index in [1.54, 1.807) is 11.8 Å². The van der Waals surface area contributed by atoms with Gasteiger partial charge in [0.25, 0.3) is 0 Å². The van der Waals surface area contributed by atoms with Gasteiger partial charge in [-0.05, 0) is 18.4 Å². The van der Waals surface area contributed by atoms with Gasteiger partial charge in [-0.1, -0.05) is 18.1 Å². The van der Waals surface area contributed by atoms with Crippen LogP contribution in [0.1, 0.15) is 0 Å². The fourth-order valence-corrected chi connectivity index (χ4v) is 3.29. The number of para-hydroxylation sites is 1. The predicted octanol–water partition coefficient (Wildman–Crippen LogP) is 1.54. The highest BCUT2D eigenvalue weighted by Gasteiger charge is 2.20. The number of hydrogen-bond donors (Lipinski definition) is 1. The number of ether oxygens (including phenoxy) is 1. The maximum absolute atomic E-state index is 9.94. The number of aliphatic hydroxyl groups is 1. The average molecular weight is 320 g/mol. The monoisotopic (exact) mass is 320 g/mol. The predicted molar refractivity (Wildman–Crippen MR) is 92.5 cm³/mol. The third-order valence-electron chi connectivity index (χ3n) is 3.76. The van der Waals surface area contributed by atoms with Crippen LogP contribution >= 0.6 is 11.8 Å². The quantitative estimate of drug-likeness (QED) is 0.468. The van der Waals surface area contributed by atoms with Crippen LogP contribution in [-0.4, -0.2) is 68.3 Å². The molecular formula is C17H24N2O2S. The van der Waals surface area contributed by atoms with E-state index in [1.807, 2.05) is 0 Å². The molecule has 0 amide bonds. The number of benzene rings is 1. The van der Waals surface area contributed by atoms with Gasteiger partial charge in [-0.25, -0.2) is 0 Å². The minimum atomic E-state index is -0.474. The van der Waals surface area contributed by atoms with E-state index in [0.29, 0.717) is 13.2 Å². The maximum atomic E-state index is 9.94. The lowest BCUT2D eigenvalue weighted by Gasteiger charge is -2.37. The summed E-state index contributed by atoms with van der Waals surface area (Å²) >= 11 is 1.78. The zero-order valence-corrected chi connectivity index (χ0v) is 13.9. The zero-order chi connectivity index (χ0) is 15.8. The Kier molecular flexibility index (Phi) is 7.07. The second-order valence-corrected chi connectivity index (χ2v) is 6.18. The van der Waals surface area contributed by atoms with E-state index < -0.39 is 6.10 Å². The molecule has 22 heavy (non-hydrogen) atoms. The maximum Gasteiger partial charge on any atom is 0.107 e. The molecule has 1 N–H and O–H groups in total. The Balaban J connectivity index is 1.79. The molecule has 0 aromatic heterocycles. The summed E-state index contributed by atoms with van der Waals surface area (Å²) in [6.07, 6.45) is 6.76. The number of hydrogen-bond acceptors (Lipinski definition) is 5. The van der Waals surface area contributed by atoms with Gasteiger partial charge in [0.15, 0.2) is 0 Å². The summed E-state index contributed by atoms with van der Waals surface area (Å²) in [6.45, 7) is 5.08. The number of nitrogens with zero attached hydrogens (tertiary/aromatic N) is 2. The smallest absolute Gasteiger partial charge is 0.107 e. The number of anilines is 1. The van der Waals surface area contributed by atoms with Gasteiger partial charge < -0.3 is 14.7 Å². The van der Waals surface area contributed by atoms with Gasteiger partial charge >= 0.3 is 0 Å². The third-order valence-corrected chi connectivity index (χ3v) is 4.55. The van der Waals surface area contributed by atoms with E-state index in [-0.39, 0.29) is 6.61 Å². The third kappa shape index (κ3) is 4.92. The van der Waals surface area contributed by atoms with Crippen molar-refractivity contribution in [2.24, 2.45) is 0 Å². The van der Waals surface area contributed by atoms with Gasteiger partial charge in [0.05, 0.1) is 18.4 Å². The molecule has 5 heteroatoms. The van der Waals surface area contributed by atoms with Crippen molar-refractivity contribution in [3.63, 3.8) is 0 Å². The largest absolute Gasteiger partial charge is 0.389 e. The van der Waals surface area contributed by atoms with E-state index in [1.165, 1.54) is 10.6 Å². The van der Waals surface area contributed by atoms with Gasteiger partial charge in [0, 0.05) is 37.6 Å². The molecule has 0 bridgehead atoms. The lowest BCUT2D eigenvalue weighted by molar-refractivity contribution is 0.0267. The van der Waals surface area contributed by atoms with Gasteiger partial charge in [-0.15, -0.1) is 18.2 Å². The topological polar surface area (TPSA) is 35.9 Å². The summed E-state index contributed by atoms with van der Waals surface area (Å²) in [5.41, 5.74) is 1.31. The van der Waals surface area contributed by atoms with Crippen molar-refractivity contribution in [2.45, 2.75) is 11.0 Å². The van der Waals surface area contributed by atoms with E-state index in [0.717, 1.165) is 26.2 Å². The molecule has 0 aliphatic carbocycles. The summed E-state index contributed by atoms with van der Waals surface area (Å²) in [6, 6.07) is 8.52. The van der Waals surface area contributed by atoms with E-state index in [2.05, 4.69) is 46.2 Å². The van der Waals surface area contributed by atoms with E-state index >= 15 is 0 Å². The van der Waals surface area contributed by atoms with Crippen LogP contribution in [0.2, 0.25) is 0 Å². The summed E-state index contributed by atoms with van der Waals surface area (Å²) in [5, 5.41) is 9.94. The lowest BCUT2D eigenvalue weighted by atomic mass is 10.2. The van der Waals surface area contributed by atoms with Gasteiger partial charge in [0.1, 0.15) is 6.61 Å². The first-order valence-corrected chi connectivity index (χ1v) is 8.76. The average Bonchev–Trinajstić information content (AvgIpc) is 2.56. The molecule has 1 aliphatic rings. The molecule has 2 rings (SSSR count). The molecule has 1 fully saturated rings. The molecule has 1 aromatic carbocycles. The fraction of sp³-hybridized carbons (Fsp3) is 0.529. The Morgan fingerprint density at radius 1 is 1.32 bits per heavy atom. The van der Waals surface area contributed by atoms with Crippen molar-refractivity contribution in [2.75, 3.05) is 57.1 Å². The molecule has 0 radical (unpaired) electrons. The van der Waals surface area contributed by atoms with Crippen molar-refractivity contribution in [1.82, 2.24) is 4.90 Å². The molecule has 1 aliphatic heterocycles. The Hall–Kier alpha value is -1.19. The van der Waals surface area contributed by atoms with Crippen molar-refractivity contribution in [1.29, 1.82) is 0 Å². The van der Waals surface area contributed by atoms with Gasteiger partial charge in [-0.3, -0.25) is 4.90 Å². The number of rotatable bonds is 7. The SMILES string of the molecule is C#CCOCC(O)CN1CCN(c2ccccc2SC)CC1. The van der Waals surface area contributed by atoms with Crippen molar-refractivity contribution in [3.8, 4) is 12.3 Å². The van der Waals surface area contributed by atoms with Crippen LogP contribution in [0.3, 0.4) is 0 Å². The molecule has 1 atom stereocenters. The molecule has 4 nitrogen and oxygen atoms in total. The van der Waals surface area contributed by atoms with Crippen molar-refractivity contribution in [3.05, 3.63) is 24.3 Å². The molecule has 1 aromatic rings. The van der Waals surface area contributed by atoms with E-state index in [4.69, 9.17) is 11.2 Å². The van der Waals surface area contributed by atoms with Crippen LogP contribution < -0.4 is 4.90 Å². The highest BCUT2D eigenvalue weighted by Crippen LogP contribution is 2.28. The molecule has 1 heterocycles. The second-order valence-electron chi connectivity index (χ2n) is 5.33. The van der Waals surface area contributed by atoms with Crippen LogP contribution in [0.4, 0.5) is 5.69 Å².